The van der Waals surface area contributed by atoms with E-state index in [-0.39, 0.29) is 12.1 Å². The van der Waals surface area contributed by atoms with Crippen LogP contribution in [-0.2, 0) is 0 Å². The first kappa shape index (κ1) is 11.6. The molecule has 0 radical (unpaired) electrons. The van der Waals surface area contributed by atoms with E-state index in [1.54, 1.807) is 0 Å². The van der Waals surface area contributed by atoms with Crippen molar-refractivity contribution in [2.24, 2.45) is 5.73 Å². The van der Waals surface area contributed by atoms with Crippen molar-refractivity contribution in [2.75, 3.05) is 12.1 Å². The van der Waals surface area contributed by atoms with Crippen molar-refractivity contribution in [3.05, 3.63) is 53.6 Å². The first-order valence-electron chi connectivity index (χ1n) is 6.82. The molecule has 0 spiro atoms. The number of nitrogens with two attached hydrogens (primary N) is 1. The summed E-state index contributed by atoms with van der Waals surface area (Å²) < 4.78 is 10.7. The molecule has 102 valence electrons. The SMILES string of the molecule is NC1CC(Nc2ccc3c(c2)OCO3)c2ccccc21. The summed E-state index contributed by atoms with van der Waals surface area (Å²) in [4.78, 5) is 0. The molecule has 1 heterocycles. The van der Waals surface area contributed by atoms with E-state index in [4.69, 9.17) is 15.2 Å². The molecule has 0 amide bonds. The molecule has 1 aliphatic carbocycles. The third-order valence-corrected chi connectivity index (χ3v) is 3.97. The smallest absolute Gasteiger partial charge is 0.231 e. The van der Waals surface area contributed by atoms with Gasteiger partial charge in [0.15, 0.2) is 11.5 Å². The maximum Gasteiger partial charge on any atom is 0.231 e. The average molecular weight is 268 g/mol. The fraction of sp³-hybridized carbons (Fsp3) is 0.250. The standard InChI is InChI=1S/C16H16N2O2/c17-13-8-14(12-4-2-1-3-11(12)13)18-10-5-6-15-16(7-10)20-9-19-15/h1-7,13-14,18H,8-9,17H2. The Morgan fingerprint density at radius 3 is 2.70 bits per heavy atom. The van der Waals surface area contributed by atoms with E-state index in [2.05, 4.69) is 23.5 Å². The number of nitrogens with one attached hydrogen (secondary N) is 1. The van der Waals surface area contributed by atoms with Gasteiger partial charge in [0.2, 0.25) is 6.79 Å². The molecule has 2 atom stereocenters. The molecule has 20 heavy (non-hydrogen) atoms. The highest BCUT2D eigenvalue weighted by molar-refractivity contribution is 5.57. The lowest BCUT2D eigenvalue weighted by atomic mass is 10.1. The predicted molar refractivity (Wildman–Crippen MR) is 76.9 cm³/mol. The van der Waals surface area contributed by atoms with Crippen molar-refractivity contribution in [3.63, 3.8) is 0 Å². The van der Waals surface area contributed by atoms with Crippen LogP contribution in [0, 0.1) is 0 Å². The van der Waals surface area contributed by atoms with Crippen molar-refractivity contribution in [2.45, 2.75) is 18.5 Å². The quantitative estimate of drug-likeness (QED) is 0.879. The first-order valence-corrected chi connectivity index (χ1v) is 6.82. The minimum absolute atomic E-state index is 0.109. The topological polar surface area (TPSA) is 56.5 Å². The highest BCUT2D eigenvalue weighted by atomic mass is 16.7. The Hall–Kier alpha value is -2.20. The summed E-state index contributed by atoms with van der Waals surface area (Å²) in [5.74, 6) is 1.60. The van der Waals surface area contributed by atoms with Gasteiger partial charge in [0, 0.05) is 17.8 Å². The monoisotopic (exact) mass is 268 g/mol. The number of rotatable bonds is 2. The molecule has 0 fully saturated rings. The molecule has 2 aromatic carbocycles. The summed E-state index contributed by atoms with van der Waals surface area (Å²) in [6.45, 7) is 0.302. The molecule has 1 aliphatic heterocycles. The van der Waals surface area contributed by atoms with E-state index in [1.165, 1.54) is 11.1 Å². The lowest BCUT2D eigenvalue weighted by Crippen LogP contribution is -2.09. The molecule has 0 aromatic heterocycles. The van der Waals surface area contributed by atoms with Crippen LogP contribution in [0.1, 0.15) is 29.6 Å². The number of hydrogen-bond donors (Lipinski definition) is 2. The molecule has 0 bridgehead atoms. The molecular weight excluding hydrogens is 252 g/mol. The highest BCUT2D eigenvalue weighted by Crippen LogP contribution is 2.41. The van der Waals surface area contributed by atoms with Crippen molar-refractivity contribution in [1.29, 1.82) is 0 Å². The number of fused-ring (bicyclic) bond motifs is 2. The van der Waals surface area contributed by atoms with Crippen LogP contribution >= 0.6 is 0 Å². The molecule has 4 heteroatoms. The lowest BCUT2D eigenvalue weighted by molar-refractivity contribution is 0.174. The van der Waals surface area contributed by atoms with Crippen LogP contribution in [0.4, 0.5) is 5.69 Å². The first-order chi connectivity index (χ1) is 9.81. The highest BCUT2D eigenvalue weighted by Gasteiger charge is 2.28. The maximum absolute atomic E-state index is 6.20. The molecule has 2 unspecified atom stereocenters. The molecule has 4 rings (SSSR count). The predicted octanol–water partition coefficient (Wildman–Crippen LogP) is 2.97. The summed E-state index contributed by atoms with van der Waals surface area (Å²) in [5.41, 5.74) is 9.76. The van der Waals surface area contributed by atoms with Gasteiger partial charge in [0.1, 0.15) is 0 Å². The van der Waals surface area contributed by atoms with Crippen molar-refractivity contribution >= 4 is 5.69 Å². The van der Waals surface area contributed by atoms with Gasteiger partial charge in [-0.3, -0.25) is 0 Å². The van der Waals surface area contributed by atoms with Crippen molar-refractivity contribution < 1.29 is 9.47 Å². The van der Waals surface area contributed by atoms with Crippen molar-refractivity contribution in [3.8, 4) is 11.5 Å². The Kier molecular flexibility index (Phi) is 2.57. The zero-order valence-electron chi connectivity index (χ0n) is 11.0. The number of ether oxygens (including phenoxy) is 2. The van der Waals surface area contributed by atoms with Gasteiger partial charge < -0.3 is 20.5 Å². The zero-order chi connectivity index (χ0) is 13.5. The van der Waals surface area contributed by atoms with Gasteiger partial charge >= 0.3 is 0 Å². The van der Waals surface area contributed by atoms with E-state index >= 15 is 0 Å². The molecule has 2 aromatic rings. The maximum atomic E-state index is 6.20. The number of anilines is 1. The third kappa shape index (κ3) is 1.80. The number of hydrogen-bond acceptors (Lipinski definition) is 4. The Bertz CT molecular complexity index is 657. The second-order valence-corrected chi connectivity index (χ2v) is 5.24. The molecule has 4 nitrogen and oxygen atoms in total. The molecule has 2 aliphatic rings. The lowest BCUT2D eigenvalue weighted by Gasteiger charge is -2.15. The summed E-state index contributed by atoms with van der Waals surface area (Å²) in [6.07, 6.45) is 0.911. The Balaban J connectivity index is 1.61. The van der Waals surface area contributed by atoms with Gasteiger partial charge in [0.25, 0.3) is 0 Å². The van der Waals surface area contributed by atoms with Gasteiger partial charge in [-0.05, 0) is 29.7 Å². The van der Waals surface area contributed by atoms with Crippen molar-refractivity contribution in [1.82, 2.24) is 0 Å². The van der Waals surface area contributed by atoms with Crippen LogP contribution in [0.5, 0.6) is 11.5 Å². The second-order valence-electron chi connectivity index (χ2n) is 5.24. The van der Waals surface area contributed by atoms with E-state index < -0.39 is 0 Å². The van der Waals surface area contributed by atoms with Gasteiger partial charge in [-0.2, -0.15) is 0 Å². The Morgan fingerprint density at radius 2 is 1.80 bits per heavy atom. The molecular formula is C16H16N2O2. The second kappa shape index (κ2) is 4.42. The molecule has 0 saturated carbocycles. The fourth-order valence-electron chi connectivity index (χ4n) is 3.00. The van der Waals surface area contributed by atoms with E-state index in [0.717, 1.165) is 23.6 Å². The van der Waals surface area contributed by atoms with E-state index in [1.807, 2.05) is 24.3 Å². The van der Waals surface area contributed by atoms with Crippen LogP contribution in [0.25, 0.3) is 0 Å². The molecule has 0 saturated heterocycles. The van der Waals surface area contributed by atoms with Crippen LogP contribution in [0.3, 0.4) is 0 Å². The summed E-state index contributed by atoms with van der Waals surface area (Å²) in [7, 11) is 0. The largest absolute Gasteiger partial charge is 0.454 e. The van der Waals surface area contributed by atoms with Crippen LogP contribution < -0.4 is 20.5 Å². The third-order valence-electron chi connectivity index (χ3n) is 3.97. The summed E-state index contributed by atoms with van der Waals surface area (Å²) in [5, 5.41) is 3.54. The number of benzene rings is 2. The van der Waals surface area contributed by atoms with E-state index in [0.29, 0.717) is 6.79 Å². The van der Waals surface area contributed by atoms with Crippen LogP contribution in [0.2, 0.25) is 0 Å². The zero-order valence-corrected chi connectivity index (χ0v) is 11.0. The summed E-state index contributed by atoms with van der Waals surface area (Å²) >= 11 is 0. The van der Waals surface area contributed by atoms with Gasteiger partial charge in [0.05, 0.1) is 6.04 Å². The Morgan fingerprint density at radius 1 is 1.00 bits per heavy atom. The fourth-order valence-corrected chi connectivity index (χ4v) is 3.00. The van der Waals surface area contributed by atoms with E-state index in [9.17, 15) is 0 Å². The normalized spacial score (nSPS) is 22.6. The summed E-state index contributed by atoms with van der Waals surface area (Å²) in [6, 6.07) is 14.7. The van der Waals surface area contributed by atoms with Crippen LogP contribution in [-0.4, -0.2) is 6.79 Å². The minimum Gasteiger partial charge on any atom is -0.454 e. The molecule has 3 N–H and O–H groups in total. The van der Waals surface area contributed by atoms with Gasteiger partial charge in [-0.15, -0.1) is 0 Å². The van der Waals surface area contributed by atoms with Crippen LogP contribution in [0.15, 0.2) is 42.5 Å². The minimum atomic E-state index is 0.109. The average Bonchev–Trinajstić information content (AvgIpc) is 3.05. The van der Waals surface area contributed by atoms with Gasteiger partial charge in [-0.25, -0.2) is 0 Å². The Labute approximate surface area is 117 Å². The van der Waals surface area contributed by atoms with Gasteiger partial charge in [-0.1, -0.05) is 24.3 Å².